The number of halogens is 4. The summed E-state index contributed by atoms with van der Waals surface area (Å²) in [4.78, 5) is 24.9. The SMILES string of the molecule is CC(C)C(C)C.CCS(=O)(=O)c1ccc(OCC2CC2)c(-c2cn(C)c(=O)c3oc(C(F)(F)F)cc23)c1.CCS(=O)(=O)c1ccc(OCC2CC2)c(-c2cn(C)c(=O)c3oc(F)cc23)c1. The minimum atomic E-state index is -4.78. The van der Waals surface area contributed by atoms with Crippen LogP contribution in [0.1, 0.15) is 73.0 Å². The van der Waals surface area contributed by atoms with Crippen LogP contribution in [0, 0.1) is 29.7 Å². The van der Waals surface area contributed by atoms with Gasteiger partial charge in [0.25, 0.3) is 17.1 Å². The molecule has 6 aromatic rings. The van der Waals surface area contributed by atoms with Crippen LogP contribution < -0.4 is 20.6 Å². The third-order valence-electron chi connectivity index (χ3n) is 11.6. The van der Waals surface area contributed by atoms with Gasteiger partial charge in [0.2, 0.25) is 16.9 Å². The molecule has 2 aliphatic rings. The first-order valence-electron chi connectivity index (χ1n) is 21.4. The highest BCUT2D eigenvalue weighted by Crippen LogP contribution is 2.42. The van der Waals surface area contributed by atoms with Gasteiger partial charge in [-0.15, -0.1) is 0 Å². The molecular formula is C47H54F4N2O10S2. The summed E-state index contributed by atoms with van der Waals surface area (Å²) >= 11 is 0. The van der Waals surface area contributed by atoms with Crippen LogP contribution >= 0.6 is 0 Å². The van der Waals surface area contributed by atoms with Gasteiger partial charge >= 0.3 is 6.18 Å². The van der Waals surface area contributed by atoms with Gasteiger partial charge in [-0.25, -0.2) is 16.8 Å². The first-order valence-corrected chi connectivity index (χ1v) is 24.7. The molecule has 352 valence electrons. The third kappa shape index (κ3) is 11.4. The van der Waals surface area contributed by atoms with Crippen LogP contribution in [0.25, 0.3) is 44.2 Å². The number of sulfone groups is 2. The van der Waals surface area contributed by atoms with Crippen molar-refractivity contribution in [3.63, 3.8) is 0 Å². The fourth-order valence-corrected chi connectivity index (χ4v) is 8.21. The van der Waals surface area contributed by atoms with Gasteiger partial charge < -0.3 is 27.4 Å². The second-order valence-electron chi connectivity index (χ2n) is 17.2. The number of aromatic nitrogens is 2. The van der Waals surface area contributed by atoms with E-state index in [1.54, 1.807) is 19.2 Å². The van der Waals surface area contributed by atoms with Crippen molar-refractivity contribution < 1.29 is 52.7 Å². The smallest absolute Gasteiger partial charge is 0.449 e. The highest BCUT2D eigenvalue weighted by Gasteiger charge is 2.36. The van der Waals surface area contributed by atoms with Crippen molar-refractivity contribution in [2.24, 2.45) is 37.8 Å². The summed E-state index contributed by atoms with van der Waals surface area (Å²) in [6.07, 6.45) is 2.39. The van der Waals surface area contributed by atoms with Crippen molar-refractivity contribution in [2.75, 3.05) is 24.7 Å². The van der Waals surface area contributed by atoms with Gasteiger partial charge in [-0.1, -0.05) is 41.5 Å². The quantitative estimate of drug-likeness (QED) is 0.102. The minimum absolute atomic E-state index is 0.0188. The Labute approximate surface area is 375 Å². The van der Waals surface area contributed by atoms with E-state index in [2.05, 4.69) is 27.7 Å². The topological polar surface area (TPSA) is 157 Å². The average molecular weight is 947 g/mol. The number of hydrogen-bond donors (Lipinski definition) is 0. The Morgan fingerprint density at radius 2 is 1.05 bits per heavy atom. The second kappa shape index (κ2) is 19.2. The van der Waals surface area contributed by atoms with Gasteiger partial charge in [-0.3, -0.25) is 9.59 Å². The molecule has 0 spiro atoms. The molecule has 0 bridgehead atoms. The van der Waals surface area contributed by atoms with Crippen LogP contribution in [0.2, 0.25) is 0 Å². The van der Waals surface area contributed by atoms with Crippen molar-refractivity contribution in [1.82, 2.24) is 9.13 Å². The number of benzene rings is 2. The van der Waals surface area contributed by atoms with Crippen LogP contribution in [-0.2, 0) is 39.9 Å². The maximum absolute atomic E-state index is 13.8. The number of nitrogens with zero attached hydrogens (tertiary/aromatic N) is 2. The van der Waals surface area contributed by atoms with Gasteiger partial charge in [0.1, 0.15) is 11.5 Å². The Balaban J connectivity index is 0.000000192. The zero-order valence-electron chi connectivity index (χ0n) is 37.5. The van der Waals surface area contributed by atoms with E-state index in [4.69, 9.17) is 18.3 Å². The number of furan rings is 2. The van der Waals surface area contributed by atoms with Crippen molar-refractivity contribution in [2.45, 2.75) is 83.2 Å². The van der Waals surface area contributed by atoms with Gasteiger partial charge in [0.05, 0.1) is 34.5 Å². The van der Waals surface area contributed by atoms with Gasteiger partial charge in [-0.2, -0.15) is 17.6 Å². The molecule has 2 saturated carbocycles. The maximum atomic E-state index is 13.8. The molecular weight excluding hydrogens is 893 g/mol. The number of hydrogen-bond acceptors (Lipinski definition) is 10. The number of aryl methyl sites for hydroxylation is 2. The molecule has 0 N–H and O–H groups in total. The molecule has 65 heavy (non-hydrogen) atoms. The molecule has 2 aliphatic carbocycles. The Bertz CT molecular complexity index is 3040. The van der Waals surface area contributed by atoms with Gasteiger partial charge in [0.15, 0.2) is 19.7 Å². The summed E-state index contributed by atoms with van der Waals surface area (Å²) in [6.45, 7) is 13.0. The zero-order valence-corrected chi connectivity index (χ0v) is 39.2. The second-order valence-corrected chi connectivity index (χ2v) is 21.7. The molecule has 2 fully saturated rings. The van der Waals surface area contributed by atoms with Crippen LogP contribution in [0.4, 0.5) is 17.6 Å². The predicted octanol–water partition coefficient (Wildman–Crippen LogP) is 10.2. The molecule has 2 aromatic carbocycles. The lowest BCUT2D eigenvalue weighted by molar-refractivity contribution is -0.152. The molecule has 4 aromatic heterocycles. The number of fused-ring (bicyclic) bond motifs is 2. The Morgan fingerprint density at radius 1 is 0.646 bits per heavy atom. The number of rotatable bonds is 13. The van der Waals surface area contributed by atoms with Crippen molar-refractivity contribution in [3.05, 3.63) is 93.4 Å². The van der Waals surface area contributed by atoms with Crippen molar-refractivity contribution >= 4 is 41.6 Å². The van der Waals surface area contributed by atoms with E-state index >= 15 is 0 Å². The molecule has 0 saturated heterocycles. The summed E-state index contributed by atoms with van der Waals surface area (Å²) in [5, 5.41) is 0.223. The van der Waals surface area contributed by atoms with Crippen LogP contribution in [0.3, 0.4) is 0 Å². The summed E-state index contributed by atoms with van der Waals surface area (Å²) in [7, 11) is -4.12. The number of pyridine rings is 2. The third-order valence-corrected chi connectivity index (χ3v) is 15.1. The number of alkyl halides is 3. The van der Waals surface area contributed by atoms with Gasteiger partial charge in [-0.05, 0) is 91.8 Å². The molecule has 0 unspecified atom stereocenters. The molecule has 18 heteroatoms. The molecule has 8 rings (SSSR count). The standard InChI is InChI=1S/C21H20F3NO5S.C20H20FNO5S.C6H14/c1-3-31(27,28)13-6-7-17(29-11-12-4-5-12)14(8-13)16-10-25(2)20(26)19-15(16)9-18(30-19)21(22,23)24;1-3-28(24,25)13-6-7-17(26-11-12-4-5-12)14(8-13)16-10-22(2)20(23)19-15(16)9-18(21)27-19;1-5(2)6(3)4/h6-10,12H,3-5,11H2,1-2H3;6-10,12H,3-5,11H2,1-2H3;5-6H,1-4H3. The minimum Gasteiger partial charge on any atom is -0.493 e. The van der Waals surface area contributed by atoms with Crippen molar-refractivity contribution in [3.8, 4) is 33.8 Å². The summed E-state index contributed by atoms with van der Waals surface area (Å²) in [6, 6.07) is 9.97. The molecule has 0 amide bonds. The predicted molar refractivity (Wildman–Crippen MR) is 240 cm³/mol. The zero-order chi connectivity index (χ0) is 47.8. The summed E-state index contributed by atoms with van der Waals surface area (Å²) < 4.78 is 127. The largest absolute Gasteiger partial charge is 0.493 e. The lowest BCUT2D eigenvalue weighted by atomic mass is 10.0. The Hall–Kier alpha value is -5.36. The lowest BCUT2D eigenvalue weighted by Gasteiger charge is -2.15. The highest BCUT2D eigenvalue weighted by molar-refractivity contribution is 7.91. The Morgan fingerprint density at radius 3 is 1.42 bits per heavy atom. The highest BCUT2D eigenvalue weighted by atomic mass is 32.2. The van der Waals surface area contributed by atoms with Gasteiger partial charge in [0, 0.05) is 65.6 Å². The van der Waals surface area contributed by atoms with E-state index in [-0.39, 0.29) is 48.8 Å². The van der Waals surface area contributed by atoms with E-state index in [1.807, 2.05) is 0 Å². The summed E-state index contributed by atoms with van der Waals surface area (Å²) in [5.41, 5.74) is -0.313. The van der Waals surface area contributed by atoms with Crippen LogP contribution in [0.15, 0.2) is 89.1 Å². The van der Waals surface area contributed by atoms with E-state index < -0.39 is 54.3 Å². The van der Waals surface area contributed by atoms with Crippen LogP contribution in [-0.4, -0.2) is 50.7 Å². The normalized spacial score (nSPS) is 14.4. The fourth-order valence-electron chi connectivity index (χ4n) is 6.40. The maximum Gasteiger partial charge on any atom is 0.449 e. The van der Waals surface area contributed by atoms with Crippen molar-refractivity contribution in [1.29, 1.82) is 0 Å². The van der Waals surface area contributed by atoms with E-state index in [0.717, 1.165) is 54.2 Å². The monoisotopic (exact) mass is 946 g/mol. The number of ether oxygens (including phenoxy) is 2. The first-order chi connectivity index (χ1) is 30.4. The summed E-state index contributed by atoms with van der Waals surface area (Å²) in [5.74, 6) is 1.94. The molecule has 0 aliphatic heterocycles. The average Bonchev–Trinajstić information content (AvgIpc) is 4.19. The van der Waals surface area contributed by atoms with Crippen LogP contribution in [0.5, 0.6) is 11.5 Å². The van der Waals surface area contributed by atoms with E-state index in [0.29, 0.717) is 47.7 Å². The molecule has 4 heterocycles. The lowest BCUT2D eigenvalue weighted by Crippen LogP contribution is -2.16. The van der Waals surface area contributed by atoms with E-state index in [9.17, 15) is 44.0 Å². The molecule has 12 nitrogen and oxygen atoms in total. The molecule has 0 radical (unpaired) electrons. The fraction of sp³-hybridized carbons (Fsp3) is 0.447. The molecule has 0 atom stereocenters. The van der Waals surface area contributed by atoms with E-state index in [1.165, 1.54) is 62.1 Å². The Kier molecular flexibility index (Phi) is 14.5. The first kappa shape index (κ1) is 49.1.